The molecule has 2 rings (SSSR count). The predicted octanol–water partition coefficient (Wildman–Crippen LogP) is 3.43. The molecule has 1 aromatic carbocycles. The highest BCUT2D eigenvalue weighted by Gasteiger charge is 2.14. The predicted molar refractivity (Wildman–Crippen MR) is 126 cm³/mol. The molecule has 0 saturated heterocycles. The van der Waals surface area contributed by atoms with E-state index in [1.807, 2.05) is 43.4 Å². The van der Waals surface area contributed by atoms with Crippen LogP contribution in [0.1, 0.15) is 12.6 Å². The summed E-state index contributed by atoms with van der Waals surface area (Å²) in [7, 11) is 8.70. The Morgan fingerprint density at radius 3 is 2.25 bits per heavy atom. The number of guanidine groups is 1. The minimum absolute atomic E-state index is 0. The van der Waals surface area contributed by atoms with E-state index in [2.05, 4.69) is 20.6 Å². The van der Waals surface area contributed by atoms with Crippen LogP contribution < -0.4 is 29.7 Å². The van der Waals surface area contributed by atoms with Crippen LogP contribution in [0.4, 0.5) is 10.8 Å². The monoisotopic (exact) mass is 521 g/mol. The van der Waals surface area contributed by atoms with Crippen molar-refractivity contribution in [3.63, 3.8) is 0 Å². The summed E-state index contributed by atoms with van der Waals surface area (Å²) in [5, 5.41) is 9.47. The number of anilines is 2. The van der Waals surface area contributed by atoms with E-state index >= 15 is 0 Å². The summed E-state index contributed by atoms with van der Waals surface area (Å²) in [6.07, 6.45) is 0. The van der Waals surface area contributed by atoms with E-state index in [4.69, 9.17) is 14.2 Å². The summed E-state index contributed by atoms with van der Waals surface area (Å²) in [6.45, 7) is 3.22. The molecule has 0 aliphatic rings. The number of ether oxygens (including phenoxy) is 3. The highest BCUT2D eigenvalue weighted by molar-refractivity contribution is 14.0. The smallest absolute Gasteiger partial charge is 0.203 e. The van der Waals surface area contributed by atoms with Gasteiger partial charge in [0.1, 0.15) is 0 Å². The van der Waals surface area contributed by atoms with Gasteiger partial charge in [0.05, 0.1) is 33.6 Å². The average molecular weight is 521 g/mol. The van der Waals surface area contributed by atoms with Crippen LogP contribution in [0.5, 0.6) is 17.2 Å². The van der Waals surface area contributed by atoms with Gasteiger partial charge in [-0.1, -0.05) is 0 Å². The van der Waals surface area contributed by atoms with Gasteiger partial charge >= 0.3 is 0 Å². The Morgan fingerprint density at radius 1 is 1.14 bits per heavy atom. The number of halogens is 1. The number of methoxy groups -OCH3 is 3. The molecule has 0 radical (unpaired) electrons. The molecule has 0 amide bonds. The van der Waals surface area contributed by atoms with Crippen molar-refractivity contribution >= 4 is 52.1 Å². The fourth-order valence-corrected chi connectivity index (χ4v) is 3.08. The Bertz CT molecular complexity index is 757. The fourth-order valence-electron chi connectivity index (χ4n) is 2.33. The highest BCUT2D eigenvalue weighted by atomic mass is 127. The van der Waals surface area contributed by atoms with Gasteiger partial charge in [0.2, 0.25) is 5.75 Å². The van der Waals surface area contributed by atoms with E-state index in [1.54, 1.807) is 32.7 Å². The van der Waals surface area contributed by atoms with Gasteiger partial charge in [0, 0.05) is 43.8 Å². The highest BCUT2D eigenvalue weighted by Crippen LogP contribution is 2.39. The van der Waals surface area contributed by atoms with E-state index < -0.39 is 0 Å². The number of aromatic nitrogens is 1. The molecule has 2 N–H and O–H groups in total. The maximum atomic E-state index is 5.40. The van der Waals surface area contributed by atoms with Crippen molar-refractivity contribution in [3.8, 4) is 17.2 Å². The van der Waals surface area contributed by atoms with Gasteiger partial charge in [0.25, 0.3) is 0 Å². The van der Waals surface area contributed by atoms with Crippen LogP contribution in [-0.4, -0.2) is 52.9 Å². The average Bonchev–Trinajstić information content (AvgIpc) is 3.14. The van der Waals surface area contributed by atoms with Crippen molar-refractivity contribution in [1.82, 2.24) is 10.3 Å². The quantitative estimate of drug-likeness (QED) is 0.313. The van der Waals surface area contributed by atoms with Crippen molar-refractivity contribution in [1.29, 1.82) is 0 Å². The molecule has 156 valence electrons. The molecule has 0 fully saturated rings. The zero-order valence-corrected chi connectivity index (χ0v) is 20.2. The zero-order chi connectivity index (χ0) is 19.8. The summed E-state index contributed by atoms with van der Waals surface area (Å²) in [5.74, 6) is 2.34. The lowest BCUT2D eigenvalue weighted by molar-refractivity contribution is 0.324. The third-order valence-electron chi connectivity index (χ3n) is 3.59. The lowest BCUT2D eigenvalue weighted by Gasteiger charge is -2.16. The summed E-state index contributed by atoms with van der Waals surface area (Å²) in [6, 6.07) is 3.67. The van der Waals surface area contributed by atoms with Crippen molar-refractivity contribution in [2.24, 2.45) is 4.99 Å². The SMILES string of the molecule is CCNC(=NCc1csc(N(C)C)n1)Nc1cc(OC)c(OC)c(OC)c1.I. The first-order valence-corrected chi connectivity index (χ1v) is 9.37. The molecule has 0 saturated carbocycles. The van der Waals surface area contributed by atoms with Crippen molar-refractivity contribution in [2.45, 2.75) is 13.5 Å². The molecule has 1 aromatic heterocycles. The third-order valence-corrected chi connectivity index (χ3v) is 4.65. The molecule has 0 bridgehead atoms. The second-order valence-corrected chi connectivity index (χ2v) is 6.59. The normalized spacial score (nSPS) is 10.7. The van der Waals surface area contributed by atoms with Gasteiger partial charge < -0.3 is 29.7 Å². The number of nitrogens with one attached hydrogen (secondary N) is 2. The third kappa shape index (κ3) is 6.30. The number of hydrogen-bond acceptors (Lipinski definition) is 7. The summed E-state index contributed by atoms with van der Waals surface area (Å²) in [4.78, 5) is 11.1. The van der Waals surface area contributed by atoms with Crippen molar-refractivity contribution < 1.29 is 14.2 Å². The van der Waals surface area contributed by atoms with Crippen LogP contribution in [0, 0.1) is 0 Å². The standard InChI is InChI=1S/C18H27N5O3S.HI/c1-7-19-17(20-10-13-11-27-18(22-13)23(2)3)21-12-8-14(24-4)16(26-6)15(9-12)25-5;/h8-9,11H,7,10H2,1-6H3,(H2,19,20,21);1H. The summed E-state index contributed by atoms with van der Waals surface area (Å²) in [5.41, 5.74) is 1.70. The van der Waals surface area contributed by atoms with Crippen LogP contribution in [-0.2, 0) is 6.54 Å². The topological polar surface area (TPSA) is 80.2 Å². The zero-order valence-electron chi connectivity index (χ0n) is 17.0. The lowest BCUT2D eigenvalue weighted by Crippen LogP contribution is -2.30. The van der Waals surface area contributed by atoms with E-state index in [0.717, 1.165) is 23.1 Å². The fraction of sp³-hybridized carbons (Fsp3) is 0.444. The second-order valence-electron chi connectivity index (χ2n) is 5.75. The van der Waals surface area contributed by atoms with Crippen LogP contribution in [0.25, 0.3) is 0 Å². The van der Waals surface area contributed by atoms with Crippen molar-refractivity contribution in [3.05, 3.63) is 23.2 Å². The van der Waals surface area contributed by atoms with Gasteiger partial charge in [-0.25, -0.2) is 9.98 Å². The van der Waals surface area contributed by atoms with E-state index in [0.29, 0.717) is 29.8 Å². The van der Waals surface area contributed by atoms with Crippen LogP contribution in [0.15, 0.2) is 22.5 Å². The van der Waals surface area contributed by atoms with E-state index in [-0.39, 0.29) is 24.0 Å². The Morgan fingerprint density at radius 2 is 1.79 bits per heavy atom. The van der Waals surface area contributed by atoms with Crippen LogP contribution in [0.3, 0.4) is 0 Å². The van der Waals surface area contributed by atoms with Gasteiger partial charge in [-0.2, -0.15) is 0 Å². The number of aliphatic imine (C=N–C) groups is 1. The largest absolute Gasteiger partial charge is 0.493 e. The van der Waals surface area contributed by atoms with Gasteiger partial charge in [-0.3, -0.25) is 0 Å². The van der Waals surface area contributed by atoms with E-state index in [9.17, 15) is 0 Å². The Balaban J connectivity index is 0.00000392. The molecule has 2 aromatic rings. The Labute approximate surface area is 187 Å². The van der Waals surface area contributed by atoms with Crippen molar-refractivity contribution in [2.75, 3.05) is 52.2 Å². The molecule has 0 unspecified atom stereocenters. The summed E-state index contributed by atoms with van der Waals surface area (Å²) >= 11 is 1.60. The number of rotatable bonds is 8. The first kappa shape index (κ1) is 24.1. The number of nitrogens with zero attached hydrogens (tertiary/aromatic N) is 3. The first-order chi connectivity index (χ1) is 13.0. The maximum Gasteiger partial charge on any atom is 0.203 e. The molecule has 8 nitrogen and oxygen atoms in total. The van der Waals surface area contributed by atoms with Gasteiger partial charge in [-0.15, -0.1) is 35.3 Å². The second kappa shape index (κ2) is 11.8. The summed E-state index contributed by atoms with van der Waals surface area (Å²) < 4.78 is 16.2. The first-order valence-electron chi connectivity index (χ1n) is 8.49. The molecular weight excluding hydrogens is 493 g/mol. The van der Waals surface area contributed by atoms with Crippen LogP contribution >= 0.6 is 35.3 Å². The molecular formula is C18H28IN5O3S. The number of hydrogen-bond donors (Lipinski definition) is 2. The van der Waals surface area contributed by atoms with E-state index in [1.165, 1.54) is 0 Å². The Kier molecular flexibility index (Phi) is 10.1. The van der Waals surface area contributed by atoms with Gasteiger partial charge in [0.15, 0.2) is 22.6 Å². The maximum absolute atomic E-state index is 5.40. The number of thiazole rings is 1. The lowest BCUT2D eigenvalue weighted by atomic mass is 10.2. The molecule has 1 heterocycles. The molecule has 0 atom stereocenters. The molecule has 0 spiro atoms. The number of benzene rings is 1. The Hall–Kier alpha value is -1.95. The minimum atomic E-state index is 0. The minimum Gasteiger partial charge on any atom is -0.493 e. The molecule has 0 aliphatic carbocycles. The van der Waals surface area contributed by atoms with Crippen LogP contribution in [0.2, 0.25) is 0 Å². The molecule has 0 aliphatic heterocycles. The van der Waals surface area contributed by atoms with Gasteiger partial charge in [-0.05, 0) is 6.92 Å². The molecule has 10 heteroatoms. The molecule has 28 heavy (non-hydrogen) atoms.